The first-order valence-electron chi connectivity index (χ1n) is 4.77. The number of nitrogens with zero attached hydrogens (tertiary/aromatic N) is 1. The molecule has 2 N–H and O–H groups in total. The molecule has 0 aliphatic rings. The first kappa shape index (κ1) is 12.6. The predicted octanol–water partition coefficient (Wildman–Crippen LogP) is 0.890. The van der Waals surface area contributed by atoms with Gasteiger partial charge in [-0.05, 0) is 25.1 Å². The Labute approximate surface area is 94.8 Å². The van der Waals surface area contributed by atoms with Crippen LogP contribution in [0.5, 0.6) is 0 Å². The Morgan fingerprint density at radius 1 is 1.47 bits per heavy atom. The first-order chi connectivity index (χ1) is 7.02. The molecule has 0 saturated heterocycles. The van der Waals surface area contributed by atoms with E-state index in [1.165, 1.54) is 15.6 Å². The number of hydrogen-bond donors (Lipinski definition) is 1. The van der Waals surface area contributed by atoms with Gasteiger partial charge in [0, 0.05) is 18.5 Å². The Hall–Kier alpha value is -0.430. The van der Waals surface area contributed by atoms with Crippen molar-refractivity contribution in [3.63, 3.8) is 0 Å². The maximum atomic E-state index is 11.9. The third-order valence-corrected chi connectivity index (χ3v) is 5.68. The SMILES string of the molecule is CCN(C)S(=O)(=O)c1ccc(CCN)s1. The molecule has 0 spiro atoms. The van der Waals surface area contributed by atoms with E-state index in [4.69, 9.17) is 5.73 Å². The van der Waals surface area contributed by atoms with E-state index in [0.717, 1.165) is 11.3 Å². The van der Waals surface area contributed by atoms with E-state index in [9.17, 15) is 8.42 Å². The fourth-order valence-corrected chi connectivity index (χ4v) is 3.86. The summed E-state index contributed by atoms with van der Waals surface area (Å²) in [6.07, 6.45) is 0.732. The molecule has 0 unspecified atom stereocenters. The fraction of sp³-hybridized carbons (Fsp3) is 0.556. The maximum absolute atomic E-state index is 11.9. The van der Waals surface area contributed by atoms with Crippen LogP contribution in [0, 0.1) is 0 Å². The topological polar surface area (TPSA) is 63.4 Å². The van der Waals surface area contributed by atoms with Crippen molar-refractivity contribution >= 4 is 21.4 Å². The van der Waals surface area contributed by atoms with Gasteiger partial charge in [0.05, 0.1) is 0 Å². The van der Waals surface area contributed by atoms with Gasteiger partial charge in [0.15, 0.2) is 0 Å². The Morgan fingerprint density at radius 2 is 2.13 bits per heavy atom. The van der Waals surface area contributed by atoms with Crippen molar-refractivity contribution in [3.8, 4) is 0 Å². The molecular formula is C9H16N2O2S2. The molecule has 15 heavy (non-hydrogen) atoms. The molecule has 0 bridgehead atoms. The summed E-state index contributed by atoms with van der Waals surface area (Å²) in [4.78, 5) is 1.01. The molecule has 0 aromatic carbocycles. The van der Waals surface area contributed by atoms with Gasteiger partial charge in [0.2, 0.25) is 0 Å². The molecule has 1 rings (SSSR count). The van der Waals surface area contributed by atoms with E-state index in [-0.39, 0.29) is 0 Å². The van der Waals surface area contributed by atoms with Crippen LogP contribution < -0.4 is 5.73 Å². The molecule has 1 aromatic rings. The van der Waals surface area contributed by atoms with Crippen molar-refractivity contribution in [1.29, 1.82) is 0 Å². The van der Waals surface area contributed by atoms with Gasteiger partial charge in [0.25, 0.3) is 10.0 Å². The molecule has 1 heterocycles. The molecule has 0 fully saturated rings. The lowest BCUT2D eigenvalue weighted by Gasteiger charge is -2.12. The average molecular weight is 248 g/mol. The fourth-order valence-electron chi connectivity index (χ4n) is 1.10. The monoisotopic (exact) mass is 248 g/mol. The lowest BCUT2D eigenvalue weighted by Crippen LogP contribution is -2.25. The smallest absolute Gasteiger partial charge is 0.252 e. The van der Waals surface area contributed by atoms with Crippen molar-refractivity contribution in [3.05, 3.63) is 17.0 Å². The van der Waals surface area contributed by atoms with Gasteiger partial charge in [-0.15, -0.1) is 11.3 Å². The van der Waals surface area contributed by atoms with E-state index in [0.29, 0.717) is 17.3 Å². The Bertz CT molecular complexity index is 412. The molecule has 1 aromatic heterocycles. The third kappa shape index (κ3) is 2.78. The van der Waals surface area contributed by atoms with Crippen LogP contribution in [0.3, 0.4) is 0 Å². The van der Waals surface area contributed by atoms with Gasteiger partial charge < -0.3 is 5.73 Å². The van der Waals surface area contributed by atoms with E-state index in [1.54, 1.807) is 13.1 Å². The summed E-state index contributed by atoms with van der Waals surface area (Å²) >= 11 is 1.30. The second-order valence-corrected chi connectivity index (χ2v) is 6.62. The van der Waals surface area contributed by atoms with Crippen LogP contribution in [0.2, 0.25) is 0 Å². The van der Waals surface area contributed by atoms with E-state index >= 15 is 0 Å². The minimum Gasteiger partial charge on any atom is -0.330 e. The van der Waals surface area contributed by atoms with Gasteiger partial charge in [-0.1, -0.05) is 6.92 Å². The van der Waals surface area contributed by atoms with Crippen LogP contribution in [0.1, 0.15) is 11.8 Å². The Kier molecular flexibility index (Phi) is 4.27. The quantitative estimate of drug-likeness (QED) is 0.841. The standard InChI is InChI=1S/C9H16N2O2S2/c1-3-11(2)15(12,13)9-5-4-8(14-9)6-7-10/h4-5H,3,6-7,10H2,1-2H3. The largest absolute Gasteiger partial charge is 0.330 e. The van der Waals surface area contributed by atoms with Gasteiger partial charge in [0.1, 0.15) is 4.21 Å². The van der Waals surface area contributed by atoms with Crippen LogP contribution in [-0.2, 0) is 16.4 Å². The highest BCUT2D eigenvalue weighted by Gasteiger charge is 2.20. The van der Waals surface area contributed by atoms with Crippen LogP contribution in [-0.4, -0.2) is 32.9 Å². The second-order valence-electron chi connectivity index (χ2n) is 3.18. The number of thiophene rings is 1. The second kappa shape index (κ2) is 5.07. The summed E-state index contributed by atoms with van der Waals surface area (Å²) in [5, 5.41) is 0. The van der Waals surface area contributed by atoms with Crippen molar-refractivity contribution < 1.29 is 8.42 Å². The minimum absolute atomic E-state index is 0.398. The number of sulfonamides is 1. The lowest BCUT2D eigenvalue weighted by atomic mass is 10.3. The highest BCUT2D eigenvalue weighted by atomic mass is 32.2. The van der Waals surface area contributed by atoms with Crippen molar-refractivity contribution in [2.24, 2.45) is 5.73 Å². The molecule has 86 valence electrons. The molecule has 0 amide bonds. The molecule has 0 saturated carbocycles. The van der Waals surface area contributed by atoms with Crippen molar-refractivity contribution in [2.45, 2.75) is 17.6 Å². The van der Waals surface area contributed by atoms with Crippen molar-refractivity contribution in [2.75, 3.05) is 20.1 Å². The molecule has 6 heteroatoms. The summed E-state index contributed by atoms with van der Waals surface area (Å²) < 4.78 is 25.5. The number of rotatable bonds is 5. The zero-order valence-corrected chi connectivity index (χ0v) is 10.6. The zero-order valence-electron chi connectivity index (χ0n) is 8.93. The summed E-state index contributed by atoms with van der Waals surface area (Å²) in [7, 11) is -1.69. The van der Waals surface area contributed by atoms with E-state index in [2.05, 4.69) is 0 Å². The summed E-state index contributed by atoms with van der Waals surface area (Å²) in [5.41, 5.74) is 5.41. The molecule has 0 aliphatic heterocycles. The summed E-state index contributed by atoms with van der Waals surface area (Å²) in [6, 6.07) is 3.48. The predicted molar refractivity (Wildman–Crippen MR) is 62.6 cm³/mol. The first-order valence-corrected chi connectivity index (χ1v) is 7.03. The maximum Gasteiger partial charge on any atom is 0.252 e. The van der Waals surface area contributed by atoms with Crippen LogP contribution >= 0.6 is 11.3 Å². The van der Waals surface area contributed by atoms with Gasteiger partial charge >= 0.3 is 0 Å². The normalized spacial score (nSPS) is 12.3. The summed E-state index contributed by atoms with van der Waals surface area (Å²) in [5.74, 6) is 0. The van der Waals surface area contributed by atoms with Gasteiger partial charge in [-0.2, -0.15) is 0 Å². The van der Waals surface area contributed by atoms with Crippen LogP contribution in [0.4, 0.5) is 0 Å². The van der Waals surface area contributed by atoms with Crippen LogP contribution in [0.25, 0.3) is 0 Å². The summed E-state index contributed by atoms with van der Waals surface area (Å²) in [6.45, 7) is 2.84. The lowest BCUT2D eigenvalue weighted by molar-refractivity contribution is 0.488. The Balaban J connectivity index is 2.96. The molecule has 0 atom stereocenters. The molecular weight excluding hydrogens is 232 g/mol. The average Bonchev–Trinajstić information content (AvgIpc) is 2.66. The minimum atomic E-state index is -3.28. The number of hydrogen-bond acceptors (Lipinski definition) is 4. The molecule has 0 aliphatic carbocycles. The van der Waals surface area contributed by atoms with E-state index < -0.39 is 10.0 Å². The van der Waals surface area contributed by atoms with Gasteiger partial charge in [-0.25, -0.2) is 12.7 Å². The third-order valence-electron chi connectivity index (χ3n) is 2.14. The van der Waals surface area contributed by atoms with Gasteiger partial charge in [-0.3, -0.25) is 0 Å². The van der Waals surface area contributed by atoms with Crippen molar-refractivity contribution in [1.82, 2.24) is 4.31 Å². The van der Waals surface area contributed by atoms with E-state index in [1.807, 2.05) is 13.0 Å². The highest BCUT2D eigenvalue weighted by Crippen LogP contribution is 2.24. The molecule has 0 radical (unpaired) electrons. The zero-order chi connectivity index (χ0) is 11.5. The number of nitrogens with two attached hydrogens (primary N) is 1. The highest BCUT2D eigenvalue weighted by molar-refractivity contribution is 7.91. The molecule has 4 nitrogen and oxygen atoms in total. The Morgan fingerprint density at radius 3 is 2.67 bits per heavy atom. The van der Waals surface area contributed by atoms with Crippen LogP contribution in [0.15, 0.2) is 16.3 Å².